The third kappa shape index (κ3) is 7.95. The van der Waals surface area contributed by atoms with Crippen molar-refractivity contribution in [2.24, 2.45) is 0 Å². The number of H-pyrrole nitrogens is 2. The standard InChI is InChI=1S/C44H54N4O4S4/c49-53-29-9-1-25(2-10-29)41-33-17-19-35(45-33)42(26-3-11-30(54-50)12-4-26)37-21-23-39(47-37)44(28-7-15-32(56-52)16-8-28)40-24-22-38(48-40)43(36-20-18-34(41)46-36)27-5-13-31(55-51)14-6-27/h17-32,45-46,49-52H,1-16H2. The maximum absolute atomic E-state index is 9.94. The van der Waals surface area contributed by atoms with Gasteiger partial charge in [0.1, 0.15) is 0 Å². The lowest BCUT2D eigenvalue weighted by atomic mass is 9.82. The molecule has 8 nitrogen and oxygen atoms in total. The molecule has 8 bridgehead atoms. The van der Waals surface area contributed by atoms with Gasteiger partial charge in [-0.2, -0.15) is 0 Å². The van der Waals surface area contributed by atoms with Crippen LogP contribution in [-0.4, -0.2) is 59.1 Å². The minimum absolute atomic E-state index is 0.276. The smallest absolute Gasteiger partial charge is 0.0694 e. The molecule has 0 saturated heterocycles. The van der Waals surface area contributed by atoms with Crippen LogP contribution in [-0.2, 0) is 0 Å². The Morgan fingerprint density at radius 2 is 0.607 bits per heavy atom. The van der Waals surface area contributed by atoms with Crippen LogP contribution in [0.2, 0.25) is 0 Å². The van der Waals surface area contributed by atoms with Gasteiger partial charge in [-0.05, 0) is 223 Å². The van der Waals surface area contributed by atoms with Gasteiger partial charge < -0.3 is 28.2 Å². The van der Waals surface area contributed by atoms with E-state index in [1.54, 1.807) is 0 Å². The predicted octanol–water partition coefficient (Wildman–Crippen LogP) is 13.6. The summed E-state index contributed by atoms with van der Waals surface area (Å²) in [5, 5.41) is 1.13. The molecular formula is C44H54N4O4S4. The first-order chi connectivity index (χ1) is 27.5. The van der Waals surface area contributed by atoms with Crippen molar-refractivity contribution in [2.75, 3.05) is 0 Å². The monoisotopic (exact) mass is 830 g/mol. The number of nitrogens with one attached hydrogen (secondary N) is 2. The molecule has 9 rings (SSSR count). The highest BCUT2D eigenvalue weighted by Gasteiger charge is 2.32. The van der Waals surface area contributed by atoms with Crippen molar-refractivity contribution in [3.05, 3.63) is 69.3 Å². The van der Waals surface area contributed by atoms with E-state index < -0.39 is 0 Å². The van der Waals surface area contributed by atoms with E-state index in [4.69, 9.17) is 9.97 Å². The van der Waals surface area contributed by atoms with Crippen molar-refractivity contribution < 1.29 is 18.2 Å². The zero-order valence-corrected chi connectivity index (χ0v) is 35.1. The van der Waals surface area contributed by atoms with Gasteiger partial charge in [-0.25, -0.2) is 9.97 Å². The molecule has 6 N–H and O–H groups in total. The van der Waals surface area contributed by atoms with E-state index in [2.05, 4.69) is 58.5 Å². The second-order valence-corrected chi connectivity index (χ2v) is 20.5. The minimum atomic E-state index is 0.276. The molecule has 56 heavy (non-hydrogen) atoms. The van der Waals surface area contributed by atoms with Crippen LogP contribution >= 0.6 is 48.2 Å². The highest BCUT2D eigenvalue weighted by molar-refractivity contribution is 7.95. The Morgan fingerprint density at radius 3 is 0.911 bits per heavy atom. The van der Waals surface area contributed by atoms with Crippen LogP contribution in [0.5, 0.6) is 0 Å². The molecule has 298 valence electrons. The summed E-state index contributed by atoms with van der Waals surface area (Å²) >= 11 is 4.07. The summed E-state index contributed by atoms with van der Waals surface area (Å²) in [6.45, 7) is 0. The number of hydrogen-bond donors (Lipinski definition) is 6. The third-order valence-electron chi connectivity index (χ3n) is 13.8. The first-order valence-corrected chi connectivity index (χ1v) is 24.2. The number of rotatable bonds is 8. The maximum atomic E-state index is 9.94. The summed E-state index contributed by atoms with van der Waals surface area (Å²) in [5.74, 6) is 1.30. The zero-order valence-electron chi connectivity index (χ0n) is 31.9. The Hall–Kier alpha value is -2.16. The van der Waals surface area contributed by atoms with Gasteiger partial charge in [0.15, 0.2) is 0 Å². The molecule has 0 amide bonds. The van der Waals surface area contributed by atoms with E-state index in [1.807, 2.05) is 0 Å². The van der Waals surface area contributed by atoms with E-state index in [0.717, 1.165) is 196 Å². The lowest BCUT2D eigenvalue weighted by Crippen LogP contribution is -2.17. The average Bonchev–Trinajstić information content (AvgIpc) is 4.10. The maximum Gasteiger partial charge on any atom is 0.0694 e. The lowest BCUT2D eigenvalue weighted by molar-refractivity contribution is 0.442. The average molecular weight is 831 g/mol. The predicted molar refractivity (Wildman–Crippen MR) is 240 cm³/mol. The van der Waals surface area contributed by atoms with Crippen molar-refractivity contribution in [3.63, 3.8) is 0 Å². The number of aromatic amines is 2. The molecule has 0 aromatic carbocycles. The van der Waals surface area contributed by atoms with Crippen molar-refractivity contribution in [3.8, 4) is 0 Å². The van der Waals surface area contributed by atoms with Gasteiger partial charge >= 0.3 is 0 Å². The number of aromatic nitrogens is 4. The van der Waals surface area contributed by atoms with Gasteiger partial charge in [0.05, 0.1) is 22.8 Å². The third-order valence-corrected chi connectivity index (χ3v) is 16.9. The van der Waals surface area contributed by atoms with Gasteiger partial charge in [-0.3, -0.25) is 0 Å². The van der Waals surface area contributed by atoms with Crippen molar-refractivity contribution >= 4 is 94.5 Å². The molecule has 4 aliphatic carbocycles. The first kappa shape index (κ1) is 39.3. The van der Waals surface area contributed by atoms with Crippen LogP contribution in [0.4, 0.5) is 0 Å². The Kier molecular flexibility index (Phi) is 12.3. The summed E-state index contributed by atoms with van der Waals surface area (Å²) in [6, 6.07) is 9.13. The largest absolute Gasteiger partial charge is 0.355 e. The van der Waals surface area contributed by atoms with Crippen LogP contribution in [0, 0.1) is 0 Å². The number of fused-ring (bicyclic) bond motifs is 8. The minimum Gasteiger partial charge on any atom is -0.355 e. The van der Waals surface area contributed by atoms with Crippen LogP contribution in [0.1, 0.15) is 171 Å². The van der Waals surface area contributed by atoms with Crippen LogP contribution in [0.15, 0.2) is 24.3 Å². The molecule has 4 fully saturated rings. The Labute approximate surface area is 347 Å². The molecule has 0 atom stereocenters. The lowest BCUT2D eigenvalue weighted by Gasteiger charge is -2.28. The zero-order chi connectivity index (χ0) is 38.2. The second kappa shape index (κ2) is 17.6. The first-order valence-electron chi connectivity index (χ1n) is 20.9. The summed E-state index contributed by atoms with van der Waals surface area (Å²) in [7, 11) is 0. The van der Waals surface area contributed by atoms with E-state index in [-0.39, 0.29) is 21.0 Å². The summed E-state index contributed by atoms with van der Waals surface area (Å²) < 4.78 is 39.8. The SMILES string of the molecule is OSC1CCC(c2c3nc(c(C4CCC(SO)CC4)c4ccc([nH]4)c(C4CCC(SO)CC4)c4ccc([nH]4)c(C4CCC(SO)CC4)c4nc2C=C4)C=C3)CC1. The summed E-state index contributed by atoms with van der Waals surface area (Å²) in [5.41, 5.74) is 13.7. The summed E-state index contributed by atoms with van der Waals surface area (Å²) in [6.07, 6.45) is 24.8. The molecule has 2 aliphatic heterocycles. The fourth-order valence-electron chi connectivity index (χ4n) is 10.8. The van der Waals surface area contributed by atoms with Crippen molar-refractivity contribution in [1.82, 2.24) is 19.9 Å². The molecule has 3 aromatic heterocycles. The molecular weight excluding hydrogens is 777 g/mol. The van der Waals surface area contributed by atoms with Crippen molar-refractivity contribution in [2.45, 2.75) is 147 Å². The van der Waals surface area contributed by atoms with Crippen LogP contribution in [0.25, 0.3) is 46.4 Å². The molecule has 0 radical (unpaired) electrons. The molecule has 12 heteroatoms. The fourth-order valence-corrected chi connectivity index (χ4v) is 12.8. The molecule has 6 aliphatic rings. The second-order valence-electron chi connectivity index (χ2n) is 17.0. The Morgan fingerprint density at radius 1 is 0.357 bits per heavy atom. The Bertz CT molecular complexity index is 1980. The molecule has 0 unspecified atom stereocenters. The van der Waals surface area contributed by atoms with Gasteiger partial charge in [0.25, 0.3) is 0 Å². The normalized spacial score (nSPS) is 29.5. The fraction of sp³-hybridized carbons (Fsp3) is 0.545. The Balaban J connectivity index is 1.30. The molecule has 4 saturated carbocycles. The van der Waals surface area contributed by atoms with E-state index in [0.29, 0.717) is 23.7 Å². The van der Waals surface area contributed by atoms with Gasteiger partial charge in [0.2, 0.25) is 0 Å². The van der Waals surface area contributed by atoms with Gasteiger partial charge in [-0.15, -0.1) is 0 Å². The van der Waals surface area contributed by atoms with Crippen LogP contribution < -0.4 is 0 Å². The highest BCUT2D eigenvalue weighted by Crippen LogP contribution is 2.46. The number of nitrogens with zero attached hydrogens (tertiary/aromatic N) is 2. The number of hydrogen-bond acceptors (Lipinski definition) is 10. The summed E-state index contributed by atoms with van der Waals surface area (Å²) in [4.78, 5) is 19.1. The van der Waals surface area contributed by atoms with E-state index >= 15 is 0 Å². The van der Waals surface area contributed by atoms with Gasteiger partial charge in [-0.1, -0.05) is 0 Å². The quantitative estimate of drug-likeness (QED) is 0.0838. The topological polar surface area (TPSA) is 138 Å². The van der Waals surface area contributed by atoms with Crippen molar-refractivity contribution in [1.29, 1.82) is 0 Å². The van der Waals surface area contributed by atoms with Gasteiger partial charge in [0, 0.05) is 65.3 Å². The van der Waals surface area contributed by atoms with Crippen LogP contribution in [0.3, 0.4) is 0 Å². The van der Waals surface area contributed by atoms with E-state index in [9.17, 15) is 18.2 Å². The van der Waals surface area contributed by atoms with E-state index in [1.165, 1.54) is 22.3 Å². The highest BCUT2D eigenvalue weighted by atomic mass is 32.2. The molecule has 0 spiro atoms. The molecule has 5 heterocycles. The molecule has 3 aromatic rings.